The van der Waals surface area contributed by atoms with Gasteiger partial charge >= 0.3 is 11.6 Å². The quantitative estimate of drug-likeness (QED) is 0.277. The summed E-state index contributed by atoms with van der Waals surface area (Å²) in [5, 5.41) is 9.94. The molecule has 2 aromatic rings. The minimum absolute atomic E-state index is 0.0915. The van der Waals surface area contributed by atoms with E-state index in [0.717, 1.165) is 26.2 Å². The van der Waals surface area contributed by atoms with Crippen molar-refractivity contribution in [1.29, 1.82) is 0 Å². The molecular weight excluding hydrogens is 294 g/mol. The van der Waals surface area contributed by atoms with E-state index in [-0.39, 0.29) is 22.2 Å². The summed E-state index contributed by atoms with van der Waals surface area (Å²) in [7, 11) is 1.04. The van der Waals surface area contributed by atoms with Crippen molar-refractivity contribution in [3.8, 4) is 5.75 Å². The summed E-state index contributed by atoms with van der Waals surface area (Å²) in [6, 6.07) is 2.18. The lowest BCUT2D eigenvalue weighted by molar-refractivity contribution is -0.135. The Morgan fingerprint density at radius 2 is 1.91 bits per heavy atom. The smallest absolute Gasteiger partial charge is 0.379 e. The van der Waals surface area contributed by atoms with Crippen molar-refractivity contribution in [3.63, 3.8) is 0 Å². The first kappa shape index (κ1) is 15.2. The monoisotopic (exact) mass is 305 g/mol. The highest BCUT2D eigenvalue weighted by molar-refractivity contribution is 6.41. The number of fused-ring (bicyclic) bond motifs is 1. The zero-order valence-electron chi connectivity index (χ0n) is 11.6. The highest BCUT2D eigenvalue weighted by Crippen LogP contribution is 2.32. The van der Waals surface area contributed by atoms with Gasteiger partial charge in [0.1, 0.15) is 16.9 Å². The molecule has 3 N–H and O–H groups in total. The number of esters is 1. The number of rotatable bonds is 3. The minimum Gasteiger partial charge on any atom is -0.506 e. The van der Waals surface area contributed by atoms with Crippen LogP contribution in [0.4, 0.5) is 5.69 Å². The largest absolute Gasteiger partial charge is 0.506 e. The molecule has 1 aromatic heterocycles. The fraction of sp³-hybridized carbons (Fsp3) is 0.143. The standard InChI is InChI=1S/C14H11NO7/c1-5(16)9-12(18)10-7(15)3-6(11(17)14(20)21-2)4-8(10)22-13(9)19/h3-4,18H,15H2,1-2H3. The third-order valence-electron chi connectivity index (χ3n) is 3.00. The van der Waals surface area contributed by atoms with Crippen molar-refractivity contribution < 1.29 is 28.6 Å². The Balaban J connectivity index is 2.80. The van der Waals surface area contributed by atoms with Gasteiger partial charge in [0, 0.05) is 11.3 Å². The number of methoxy groups -OCH3 is 1. The number of nitrogens with two attached hydrogens (primary N) is 1. The molecular formula is C14H11NO7. The predicted molar refractivity (Wildman–Crippen MR) is 74.9 cm³/mol. The van der Waals surface area contributed by atoms with Gasteiger partial charge in [-0.3, -0.25) is 9.59 Å². The van der Waals surface area contributed by atoms with Crippen molar-refractivity contribution >= 4 is 34.2 Å². The van der Waals surface area contributed by atoms with E-state index in [2.05, 4.69) is 4.74 Å². The number of nitrogen functional groups attached to an aromatic ring is 1. The Bertz CT molecular complexity index is 879. The zero-order chi connectivity index (χ0) is 16.6. The molecule has 0 amide bonds. The van der Waals surface area contributed by atoms with E-state index in [4.69, 9.17) is 10.2 Å². The van der Waals surface area contributed by atoms with Crippen LogP contribution in [0.5, 0.6) is 5.75 Å². The Labute approximate surface area is 123 Å². The fourth-order valence-corrected chi connectivity index (χ4v) is 2.00. The lowest BCUT2D eigenvalue weighted by Crippen LogP contribution is -2.16. The van der Waals surface area contributed by atoms with Gasteiger partial charge in [0.2, 0.25) is 0 Å². The molecule has 0 fully saturated rings. The molecule has 0 saturated carbocycles. The summed E-state index contributed by atoms with van der Waals surface area (Å²) in [5.41, 5.74) is 3.59. The van der Waals surface area contributed by atoms with E-state index >= 15 is 0 Å². The molecule has 1 aromatic carbocycles. The van der Waals surface area contributed by atoms with Crippen LogP contribution in [0, 0.1) is 0 Å². The van der Waals surface area contributed by atoms with Crippen molar-refractivity contribution in [2.45, 2.75) is 6.92 Å². The number of hydrogen-bond acceptors (Lipinski definition) is 8. The molecule has 22 heavy (non-hydrogen) atoms. The average molecular weight is 305 g/mol. The summed E-state index contributed by atoms with van der Waals surface area (Å²) in [6.07, 6.45) is 0. The van der Waals surface area contributed by atoms with Crippen molar-refractivity contribution in [2.75, 3.05) is 12.8 Å². The normalized spacial score (nSPS) is 10.5. The van der Waals surface area contributed by atoms with Crippen molar-refractivity contribution in [3.05, 3.63) is 33.7 Å². The maximum absolute atomic E-state index is 11.8. The van der Waals surface area contributed by atoms with Gasteiger partial charge in [0.05, 0.1) is 12.5 Å². The molecule has 8 nitrogen and oxygen atoms in total. The van der Waals surface area contributed by atoms with Crippen LogP contribution < -0.4 is 11.4 Å². The number of ketones is 2. The number of ether oxygens (including phenoxy) is 1. The van der Waals surface area contributed by atoms with Crippen molar-refractivity contribution in [2.24, 2.45) is 0 Å². The lowest BCUT2D eigenvalue weighted by atomic mass is 10.0. The van der Waals surface area contributed by atoms with Crippen LogP contribution >= 0.6 is 0 Å². The van der Waals surface area contributed by atoms with Crippen LogP contribution in [0.3, 0.4) is 0 Å². The Hall–Kier alpha value is -3.16. The molecule has 8 heteroatoms. The molecule has 0 unspecified atom stereocenters. The molecule has 2 rings (SSSR count). The second-order valence-electron chi connectivity index (χ2n) is 4.43. The number of carbonyl (C=O) groups excluding carboxylic acids is 3. The number of benzene rings is 1. The third-order valence-corrected chi connectivity index (χ3v) is 3.00. The predicted octanol–water partition coefficient (Wildman–Crippen LogP) is 0.639. The second-order valence-corrected chi connectivity index (χ2v) is 4.43. The number of hydrogen-bond donors (Lipinski definition) is 2. The van der Waals surface area contributed by atoms with Gasteiger partial charge in [0.15, 0.2) is 5.78 Å². The molecule has 0 atom stereocenters. The fourth-order valence-electron chi connectivity index (χ4n) is 2.00. The first-order valence-corrected chi connectivity index (χ1v) is 6.00. The van der Waals surface area contributed by atoms with E-state index in [1.165, 1.54) is 0 Å². The van der Waals surface area contributed by atoms with E-state index in [1.807, 2.05) is 0 Å². The summed E-state index contributed by atoms with van der Waals surface area (Å²) in [5.74, 6) is -3.44. The molecule has 0 aliphatic rings. The SMILES string of the molecule is COC(=O)C(=O)c1cc(N)c2c(O)c(C(C)=O)c(=O)oc2c1. The number of Topliss-reactive ketones (excluding diaryl/α,β-unsaturated/α-hetero) is 2. The van der Waals surface area contributed by atoms with Gasteiger partial charge in [0.25, 0.3) is 5.78 Å². The van der Waals surface area contributed by atoms with Crippen molar-refractivity contribution in [1.82, 2.24) is 0 Å². The maximum Gasteiger partial charge on any atom is 0.379 e. The van der Waals surface area contributed by atoms with Gasteiger partial charge in [-0.25, -0.2) is 9.59 Å². The van der Waals surface area contributed by atoms with Gasteiger partial charge in [-0.15, -0.1) is 0 Å². The van der Waals surface area contributed by atoms with Crippen LogP contribution in [-0.2, 0) is 9.53 Å². The van der Waals surface area contributed by atoms with Crippen LogP contribution in [0.15, 0.2) is 21.3 Å². The number of aromatic hydroxyl groups is 1. The van der Waals surface area contributed by atoms with Gasteiger partial charge < -0.3 is 20.0 Å². The Morgan fingerprint density at radius 1 is 1.27 bits per heavy atom. The number of anilines is 1. The van der Waals surface area contributed by atoms with Crippen LogP contribution in [-0.4, -0.2) is 29.8 Å². The Kier molecular flexibility index (Phi) is 3.68. The average Bonchev–Trinajstić information content (AvgIpc) is 2.44. The van der Waals surface area contributed by atoms with E-state index in [9.17, 15) is 24.3 Å². The lowest BCUT2D eigenvalue weighted by Gasteiger charge is -2.08. The molecule has 0 radical (unpaired) electrons. The third kappa shape index (κ3) is 2.30. The highest BCUT2D eigenvalue weighted by Gasteiger charge is 2.23. The van der Waals surface area contributed by atoms with Gasteiger partial charge in [-0.1, -0.05) is 0 Å². The summed E-state index contributed by atoms with van der Waals surface area (Å²) >= 11 is 0. The first-order valence-electron chi connectivity index (χ1n) is 6.00. The summed E-state index contributed by atoms with van der Waals surface area (Å²) in [4.78, 5) is 46.1. The first-order chi connectivity index (χ1) is 10.3. The van der Waals surface area contributed by atoms with Crippen LogP contribution in [0.2, 0.25) is 0 Å². The van der Waals surface area contributed by atoms with Gasteiger partial charge in [-0.05, 0) is 19.1 Å². The zero-order valence-corrected chi connectivity index (χ0v) is 11.6. The van der Waals surface area contributed by atoms with Gasteiger partial charge in [-0.2, -0.15) is 0 Å². The van der Waals surface area contributed by atoms with E-state index < -0.39 is 34.5 Å². The van der Waals surface area contributed by atoms with E-state index in [0.29, 0.717) is 0 Å². The Morgan fingerprint density at radius 3 is 2.45 bits per heavy atom. The topological polar surface area (TPSA) is 137 Å². The highest BCUT2D eigenvalue weighted by atomic mass is 16.5. The maximum atomic E-state index is 11.8. The molecule has 0 aliphatic carbocycles. The van der Waals surface area contributed by atoms with Crippen LogP contribution in [0.1, 0.15) is 27.6 Å². The number of carbonyl (C=O) groups is 3. The molecule has 0 spiro atoms. The molecule has 1 heterocycles. The second kappa shape index (κ2) is 5.32. The summed E-state index contributed by atoms with van der Waals surface area (Å²) in [6.45, 7) is 1.09. The molecule has 114 valence electrons. The van der Waals surface area contributed by atoms with E-state index in [1.54, 1.807) is 0 Å². The summed E-state index contributed by atoms with van der Waals surface area (Å²) < 4.78 is 9.20. The minimum atomic E-state index is -1.12. The molecule has 0 saturated heterocycles. The van der Waals surface area contributed by atoms with Crippen LogP contribution in [0.25, 0.3) is 11.0 Å². The molecule has 0 aliphatic heterocycles. The molecule has 0 bridgehead atoms.